The highest BCUT2D eigenvalue weighted by molar-refractivity contribution is 5.82. The number of rotatable bonds is 4. The van der Waals surface area contributed by atoms with E-state index in [1.807, 2.05) is 18.7 Å². The lowest BCUT2D eigenvalue weighted by molar-refractivity contribution is -0.127. The Balaban J connectivity index is 1.80. The van der Waals surface area contributed by atoms with E-state index in [1.165, 1.54) is 12.8 Å². The molecule has 1 saturated carbocycles. The minimum absolute atomic E-state index is 0.00687. The molecule has 16 heavy (non-hydrogen) atoms. The first kappa shape index (κ1) is 11.4. The van der Waals surface area contributed by atoms with E-state index in [-0.39, 0.29) is 23.8 Å². The highest BCUT2D eigenvalue weighted by atomic mass is 16.2. The number of carbonyl (C=O) groups is 2. The lowest BCUT2D eigenvalue weighted by atomic mass is 10.2. The topological polar surface area (TPSA) is 49.4 Å². The molecular weight excluding hydrogens is 204 g/mol. The Morgan fingerprint density at radius 2 is 2.19 bits per heavy atom. The molecule has 2 amide bonds. The van der Waals surface area contributed by atoms with Crippen LogP contribution < -0.4 is 5.32 Å². The summed E-state index contributed by atoms with van der Waals surface area (Å²) in [5.74, 6) is 0.961. The molecule has 4 heteroatoms. The fraction of sp³-hybridized carbons (Fsp3) is 0.833. The van der Waals surface area contributed by atoms with Crippen LogP contribution in [-0.4, -0.2) is 35.8 Å². The van der Waals surface area contributed by atoms with Crippen molar-refractivity contribution in [3.63, 3.8) is 0 Å². The van der Waals surface area contributed by atoms with Crippen molar-refractivity contribution in [2.24, 2.45) is 11.8 Å². The molecular formula is C12H20N2O2. The van der Waals surface area contributed by atoms with Crippen molar-refractivity contribution in [3.05, 3.63) is 0 Å². The van der Waals surface area contributed by atoms with E-state index in [1.54, 1.807) is 0 Å². The molecule has 90 valence electrons. The van der Waals surface area contributed by atoms with E-state index < -0.39 is 0 Å². The minimum atomic E-state index is -0.00687. The van der Waals surface area contributed by atoms with E-state index >= 15 is 0 Å². The number of hydrogen-bond acceptors (Lipinski definition) is 2. The summed E-state index contributed by atoms with van der Waals surface area (Å²) in [5.41, 5.74) is 0. The molecule has 1 heterocycles. The molecule has 0 unspecified atom stereocenters. The number of likely N-dealkylation sites (tertiary alicyclic amines) is 1. The second-order valence-corrected chi connectivity index (χ2v) is 5.31. The molecule has 2 rings (SSSR count). The first-order chi connectivity index (χ1) is 7.56. The fourth-order valence-electron chi connectivity index (χ4n) is 2.03. The highest BCUT2D eigenvalue weighted by Crippen LogP contribution is 2.31. The van der Waals surface area contributed by atoms with Crippen molar-refractivity contribution in [1.82, 2.24) is 10.2 Å². The van der Waals surface area contributed by atoms with Gasteiger partial charge in [-0.15, -0.1) is 0 Å². The molecule has 1 atom stereocenters. The summed E-state index contributed by atoms with van der Waals surface area (Å²) >= 11 is 0. The monoisotopic (exact) mass is 224 g/mol. The van der Waals surface area contributed by atoms with Crippen LogP contribution in [0.25, 0.3) is 0 Å². The zero-order valence-electron chi connectivity index (χ0n) is 10.0. The van der Waals surface area contributed by atoms with Crippen LogP contribution in [0.4, 0.5) is 0 Å². The zero-order valence-corrected chi connectivity index (χ0v) is 10.0. The first-order valence-electron chi connectivity index (χ1n) is 6.14. The van der Waals surface area contributed by atoms with Gasteiger partial charge in [-0.2, -0.15) is 0 Å². The van der Waals surface area contributed by atoms with Crippen molar-refractivity contribution in [2.45, 2.75) is 39.2 Å². The molecule has 0 spiro atoms. The van der Waals surface area contributed by atoms with Crippen molar-refractivity contribution in [3.8, 4) is 0 Å². The van der Waals surface area contributed by atoms with Crippen LogP contribution in [0.1, 0.15) is 33.1 Å². The summed E-state index contributed by atoms with van der Waals surface area (Å²) in [6, 6.07) is 0.0288. The van der Waals surface area contributed by atoms with Gasteiger partial charge in [0.15, 0.2) is 0 Å². The Morgan fingerprint density at radius 1 is 1.50 bits per heavy atom. The number of nitrogens with one attached hydrogen (secondary N) is 1. The largest absolute Gasteiger partial charge is 0.351 e. The second-order valence-electron chi connectivity index (χ2n) is 5.31. The maximum absolute atomic E-state index is 11.7. The van der Waals surface area contributed by atoms with Gasteiger partial charge in [0.25, 0.3) is 0 Å². The summed E-state index contributed by atoms with van der Waals surface area (Å²) in [4.78, 5) is 25.1. The van der Waals surface area contributed by atoms with Gasteiger partial charge in [0.05, 0.1) is 6.04 Å². The Bertz CT molecular complexity index is 297. The Kier molecular flexibility index (Phi) is 3.17. The van der Waals surface area contributed by atoms with E-state index in [2.05, 4.69) is 5.32 Å². The molecule has 2 aliphatic rings. The Morgan fingerprint density at radius 3 is 2.75 bits per heavy atom. The van der Waals surface area contributed by atoms with E-state index in [0.29, 0.717) is 13.0 Å². The molecule has 0 aromatic heterocycles. The van der Waals surface area contributed by atoms with Crippen LogP contribution in [0.5, 0.6) is 0 Å². The molecule has 0 aromatic rings. The average Bonchev–Trinajstić information content (AvgIpc) is 2.93. The van der Waals surface area contributed by atoms with Gasteiger partial charge in [0, 0.05) is 25.4 Å². The Labute approximate surface area is 96.4 Å². The summed E-state index contributed by atoms with van der Waals surface area (Å²) in [5, 5.41) is 2.93. The van der Waals surface area contributed by atoms with Gasteiger partial charge in [0.1, 0.15) is 0 Å². The van der Waals surface area contributed by atoms with Crippen LogP contribution in [0.2, 0.25) is 0 Å². The third-order valence-electron chi connectivity index (χ3n) is 3.26. The van der Waals surface area contributed by atoms with Gasteiger partial charge in [-0.25, -0.2) is 0 Å². The third kappa shape index (κ3) is 2.74. The number of amides is 2. The fourth-order valence-corrected chi connectivity index (χ4v) is 2.03. The molecule has 1 aliphatic carbocycles. The predicted molar refractivity (Wildman–Crippen MR) is 60.7 cm³/mol. The lowest BCUT2D eigenvalue weighted by Crippen LogP contribution is -2.39. The molecule has 1 aliphatic heterocycles. The van der Waals surface area contributed by atoms with Crippen molar-refractivity contribution >= 4 is 11.8 Å². The van der Waals surface area contributed by atoms with Crippen LogP contribution in [0.15, 0.2) is 0 Å². The standard InChI is InChI=1S/C12H20N2O2/c1-8(2)12(16)13-10-5-11(15)14(7-10)6-9-3-4-9/h8-10H,3-7H2,1-2H3,(H,13,16)/t10-/m0/s1. The summed E-state index contributed by atoms with van der Waals surface area (Å²) in [6.45, 7) is 5.34. The van der Waals surface area contributed by atoms with Crippen molar-refractivity contribution in [2.75, 3.05) is 13.1 Å². The van der Waals surface area contributed by atoms with Crippen LogP contribution in [0, 0.1) is 11.8 Å². The maximum atomic E-state index is 11.7. The van der Waals surface area contributed by atoms with E-state index in [9.17, 15) is 9.59 Å². The summed E-state index contributed by atoms with van der Waals surface area (Å²) in [6.07, 6.45) is 2.99. The van der Waals surface area contributed by atoms with Crippen molar-refractivity contribution in [1.29, 1.82) is 0 Å². The van der Waals surface area contributed by atoms with Gasteiger partial charge >= 0.3 is 0 Å². The highest BCUT2D eigenvalue weighted by Gasteiger charge is 2.34. The second kappa shape index (κ2) is 4.44. The van der Waals surface area contributed by atoms with Crippen molar-refractivity contribution < 1.29 is 9.59 Å². The maximum Gasteiger partial charge on any atom is 0.224 e. The normalized spacial score (nSPS) is 25.3. The summed E-state index contributed by atoms with van der Waals surface area (Å²) < 4.78 is 0. The van der Waals surface area contributed by atoms with Crippen LogP contribution >= 0.6 is 0 Å². The van der Waals surface area contributed by atoms with Gasteiger partial charge in [0.2, 0.25) is 11.8 Å². The predicted octanol–water partition coefficient (Wildman–Crippen LogP) is 0.769. The average molecular weight is 224 g/mol. The van der Waals surface area contributed by atoms with Gasteiger partial charge in [-0.05, 0) is 18.8 Å². The van der Waals surface area contributed by atoms with Gasteiger partial charge in [-0.1, -0.05) is 13.8 Å². The zero-order chi connectivity index (χ0) is 11.7. The third-order valence-corrected chi connectivity index (χ3v) is 3.26. The SMILES string of the molecule is CC(C)C(=O)N[C@H]1CC(=O)N(CC2CC2)C1. The van der Waals surface area contributed by atoms with Gasteiger partial charge in [-0.3, -0.25) is 9.59 Å². The minimum Gasteiger partial charge on any atom is -0.351 e. The smallest absolute Gasteiger partial charge is 0.224 e. The molecule has 0 radical (unpaired) electrons. The van der Waals surface area contributed by atoms with Gasteiger partial charge < -0.3 is 10.2 Å². The first-order valence-corrected chi connectivity index (χ1v) is 6.14. The molecule has 0 bridgehead atoms. The quantitative estimate of drug-likeness (QED) is 0.766. The lowest BCUT2D eigenvalue weighted by Gasteiger charge is -2.17. The molecule has 0 aromatic carbocycles. The molecule has 1 N–H and O–H groups in total. The molecule has 2 fully saturated rings. The van der Waals surface area contributed by atoms with E-state index in [0.717, 1.165) is 12.5 Å². The van der Waals surface area contributed by atoms with E-state index in [4.69, 9.17) is 0 Å². The van der Waals surface area contributed by atoms with Crippen LogP contribution in [0.3, 0.4) is 0 Å². The number of nitrogens with zero attached hydrogens (tertiary/aromatic N) is 1. The summed E-state index contributed by atoms with van der Waals surface area (Å²) in [7, 11) is 0. The van der Waals surface area contributed by atoms with Crippen LogP contribution in [-0.2, 0) is 9.59 Å². The Hall–Kier alpha value is -1.06. The molecule has 4 nitrogen and oxygen atoms in total. The number of hydrogen-bond donors (Lipinski definition) is 1. The molecule has 1 saturated heterocycles. The number of carbonyl (C=O) groups excluding carboxylic acids is 2.